The average molecular weight is 372 g/mol. The third kappa shape index (κ3) is 2.92. The highest BCUT2D eigenvalue weighted by Gasteiger charge is 2.43. The molecule has 0 radical (unpaired) electrons. The molecule has 5 nitrogen and oxygen atoms in total. The van der Waals surface area contributed by atoms with Gasteiger partial charge in [0, 0.05) is 17.6 Å². The molecule has 0 fully saturated rings. The number of carbonyl (C=O) groups excluding carboxylic acids is 1. The summed E-state index contributed by atoms with van der Waals surface area (Å²) in [5.41, 5.74) is 7.93. The van der Waals surface area contributed by atoms with Crippen LogP contribution in [0.15, 0.2) is 47.5 Å². The van der Waals surface area contributed by atoms with Crippen LogP contribution in [-0.2, 0) is 10.3 Å². The lowest BCUT2D eigenvalue weighted by Crippen LogP contribution is -2.52. The summed E-state index contributed by atoms with van der Waals surface area (Å²) in [6.07, 6.45) is 0. The van der Waals surface area contributed by atoms with Crippen LogP contribution in [0.5, 0.6) is 5.75 Å². The third-order valence-electron chi connectivity index (χ3n) is 5.17. The van der Waals surface area contributed by atoms with E-state index in [1.54, 1.807) is 14.2 Å². The number of aliphatic imine (C=N–C) groups is 1. The Balaban J connectivity index is 2.12. The molecule has 26 heavy (non-hydrogen) atoms. The lowest BCUT2D eigenvalue weighted by molar-refractivity contribution is -0.133. The first-order valence-electron chi connectivity index (χ1n) is 8.35. The van der Waals surface area contributed by atoms with Crippen molar-refractivity contribution in [1.82, 2.24) is 4.90 Å². The molecule has 1 amide bonds. The molecular weight excluding hydrogens is 350 g/mol. The average Bonchev–Trinajstić information content (AvgIpc) is 2.65. The Morgan fingerprint density at radius 2 is 2.00 bits per heavy atom. The number of methoxy groups -OCH3 is 1. The predicted octanol–water partition coefficient (Wildman–Crippen LogP) is 3.65. The zero-order valence-electron chi connectivity index (χ0n) is 15.3. The SMILES string of the molecule is COc1ccc(Cl)c(-c2cccc([C@@]3(C)N=C(N)N(C)C(=O)[C@@H]3C)c2)c1. The number of rotatable bonds is 3. The van der Waals surface area contributed by atoms with Crippen LogP contribution >= 0.6 is 11.6 Å². The molecule has 3 rings (SSSR count). The fourth-order valence-electron chi connectivity index (χ4n) is 3.22. The molecule has 2 aromatic carbocycles. The smallest absolute Gasteiger partial charge is 0.234 e. The summed E-state index contributed by atoms with van der Waals surface area (Å²) in [6, 6.07) is 13.4. The summed E-state index contributed by atoms with van der Waals surface area (Å²) >= 11 is 6.39. The van der Waals surface area contributed by atoms with Crippen LogP contribution in [0.3, 0.4) is 0 Å². The van der Waals surface area contributed by atoms with Crippen molar-refractivity contribution in [2.75, 3.05) is 14.2 Å². The molecule has 1 aliphatic rings. The maximum atomic E-state index is 12.5. The third-order valence-corrected chi connectivity index (χ3v) is 5.50. The van der Waals surface area contributed by atoms with Crippen molar-refractivity contribution >= 4 is 23.5 Å². The summed E-state index contributed by atoms with van der Waals surface area (Å²) in [4.78, 5) is 18.6. The topological polar surface area (TPSA) is 67.9 Å². The van der Waals surface area contributed by atoms with Crippen molar-refractivity contribution in [3.8, 4) is 16.9 Å². The van der Waals surface area contributed by atoms with Gasteiger partial charge in [-0.25, -0.2) is 4.99 Å². The van der Waals surface area contributed by atoms with Gasteiger partial charge in [0.2, 0.25) is 5.91 Å². The molecular formula is C20H22ClN3O2. The highest BCUT2D eigenvalue weighted by atomic mass is 35.5. The molecule has 0 aliphatic carbocycles. The van der Waals surface area contributed by atoms with Crippen LogP contribution in [0.1, 0.15) is 19.4 Å². The van der Waals surface area contributed by atoms with Gasteiger partial charge in [0.15, 0.2) is 5.96 Å². The summed E-state index contributed by atoms with van der Waals surface area (Å²) in [5, 5.41) is 0.628. The Kier molecular flexibility index (Phi) is 4.67. The highest BCUT2D eigenvalue weighted by molar-refractivity contribution is 6.33. The van der Waals surface area contributed by atoms with Crippen molar-refractivity contribution < 1.29 is 9.53 Å². The summed E-state index contributed by atoms with van der Waals surface area (Å²) in [5.74, 6) is 0.562. The fourth-order valence-corrected chi connectivity index (χ4v) is 3.45. The van der Waals surface area contributed by atoms with Crippen LogP contribution in [0.25, 0.3) is 11.1 Å². The molecule has 2 aromatic rings. The molecule has 1 aliphatic heterocycles. The lowest BCUT2D eigenvalue weighted by Gasteiger charge is -2.39. The molecule has 2 N–H and O–H groups in total. The first-order valence-corrected chi connectivity index (χ1v) is 8.73. The molecule has 0 saturated heterocycles. The maximum absolute atomic E-state index is 12.5. The number of hydrogen-bond acceptors (Lipinski definition) is 4. The first kappa shape index (κ1) is 18.3. The summed E-state index contributed by atoms with van der Waals surface area (Å²) < 4.78 is 5.31. The van der Waals surface area contributed by atoms with E-state index in [4.69, 9.17) is 22.1 Å². The van der Waals surface area contributed by atoms with E-state index < -0.39 is 5.54 Å². The van der Waals surface area contributed by atoms with Gasteiger partial charge < -0.3 is 10.5 Å². The Bertz CT molecular complexity index is 896. The number of halogens is 1. The van der Waals surface area contributed by atoms with Gasteiger partial charge in [0.1, 0.15) is 5.75 Å². The number of hydrogen-bond donors (Lipinski definition) is 1. The Labute approximate surface area is 158 Å². The van der Waals surface area contributed by atoms with E-state index in [1.165, 1.54) is 4.90 Å². The zero-order valence-corrected chi connectivity index (χ0v) is 16.0. The van der Waals surface area contributed by atoms with Gasteiger partial charge in [0.05, 0.1) is 18.6 Å². The minimum Gasteiger partial charge on any atom is -0.497 e. The van der Waals surface area contributed by atoms with Gasteiger partial charge in [-0.05, 0) is 42.3 Å². The maximum Gasteiger partial charge on any atom is 0.234 e. The monoisotopic (exact) mass is 371 g/mol. The number of amides is 1. The number of guanidine groups is 1. The van der Waals surface area contributed by atoms with Gasteiger partial charge in [0.25, 0.3) is 0 Å². The second kappa shape index (κ2) is 6.65. The largest absolute Gasteiger partial charge is 0.497 e. The fraction of sp³-hybridized carbons (Fsp3) is 0.300. The van der Waals surface area contributed by atoms with Crippen LogP contribution < -0.4 is 10.5 Å². The second-order valence-corrected chi connectivity index (χ2v) is 7.07. The van der Waals surface area contributed by atoms with Gasteiger partial charge in [-0.1, -0.05) is 36.7 Å². The van der Waals surface area contributed by atoms with E-state index in [9.17, 15) is 4.79 Å². The van der Waals surface area contributed by atoms with E-state index in [2.05, 4.69) is 4.99 Å². The number of nitrogens with two attached hydrogens (primary N) is 1. The van der Waals surface area contributed by atoms with E-state index in [1.807, 2.05) is 56.3 Å². The summed E-state index contributed by atoms with van der Waals surface area (Å²) in [7, 11) is 3.26. The van der Waals surface area contributed by atoms with E-state index in [0.29, 0.717) is 5.02 Å². The van der Waals surface area contributed by atoms with Crippen LogP contribution in [-0.4, -0.2) is 30.9 Å². The van der Waals surface area contributed by atoms with Crippen molar-refractivity contribution in [1.29, 1.82) is 0 Å². The molecule has 0 aromatic heterocycles. The predicted molar refractivity (Wildman–Crippen MR) is 104 cm³/mol. The van der Waals surface area contributed by atoms with Crippen LogP contribution in [0, 0.1) is 5.92 Å². The molecule has 1 heterocycles. The van der Waals surface area contributed by atoms with Gasteiger partial charge in [-0.15, -0.1) is 0 Å². The minimum absolute atomic E-state index is 0.0511. The number of carbonyl (C=O) groups is 1. The second-order valence-electron chi connectivity index (χ2n) is 6.66. The highest BCUT2D eigenvalue weighted by Crippen LogP contribution is 2.40. The van der Waals surface area contributed by atoms with Crippen molar-refractivity contribution in [2.24, 2.45) is 16.6 Å². The summed E-state index contributed by atoms with van der Waals surface area (Å²) in [6.45, 7) is 3.81. The van der Waals surface area contributed by atoms with Gasteiger partial charge in [-0.2, -0.15) is 0 Å². The van der Waals surface area contributed by atoms with Crippen molar-refractivity contribution in [2.45, 2.75) is 19.4 Å². The number of nitrogens with zero attached hydrogens (tertiary/aromatic N) is 2. The molecule has 0 spiro atoms. The number of ether oxygens (including phenoxy) is 1. The molecule has 0 bridgehead atoms. The quantitative estimate of drug-likeness (QED) is 0.895. The first-order chi connectivity index (χ1) is 12.3. The van der Waals surface area contributed by atoms with Crippen LogP contribution in [0.2, 0.25) is 5.02 Å². The Morgan fingerprint density at radius 3 is 2.69 bits per heavy atom. The molecule has 0 saturated carbocycles. The van der Waals surface area contributed by atoms with Gasteiger partial charge >= 0.3 is 0 Å². The Morgan fingerprint density at radius 1 is 1.27 bits per heavy atom. The van der Waals surface area contributed by atoms with Crippen molar-refractivity contribution in [3.63, 3.8) is 0 Å². The van der Waals surface area contributed by atoms with E-state index in [0.717, 1.165) is 22.4 Å². The van der Waals surface area contributed by atoms with Crippen LogP contribution in [0.4, 0.5) is 0 Å². The molecule has 6 heteroatoms. The lowest BCUT2D eigenvalue weighted by atomic mass is 9.78. The number of benzene rings is 2. The van der Waals surface area contributed by atoms with Gasteiger partial charge in [-0.3, -0.25) is 9.69 Å². The van der Waals surface area contributed by atoms with Crippen molar-refractivity contribution in [3.05, 3.63) is 53.1 Å². The minimum atomic E-state index is -0.741. The molecule has 0 unspecified atom stereocenters. The molecule has 2 atom stereocenters. The normalized spacial score (nSPS) is 23.0. The zero-order chi connectivity index (χ0) is 19.1. The standard InChI is InChI=1S/C20H22ClN3O2/c1-12-18(25)24(3)19(22)23-20(12,2)14-7-5-6-13(10-14)16-11-15(26-4)8-9-17(16)21/h5-12H,1-4H3,(H2,22,23)/t12-,20-/m0/s1. The van der Waals surface area contributed by atoms with E-state index >= 15 is 0 Å². The van der Waals surface area contributed by atoms with E-state index in [-0.39, 0.29) is 17.8 Å². The molecule has 136 valence electrons. The Hall–Kier alpha value is -2.53.